The van der Waals surface area contributed by atoms with E-state index in [4.69, 9.17) is 9.72 Å². The lowest BCUT2D eigenvalue weighted by molar-refractivity contribution is 0.388. The topological polar surface area (TPSA) is 75.6 Å². The molecule has 0 atom stereocenters. The predicted molar refractivity (Wildman–Crippen MR) is 135 cm³/mol. The zero-order valence-electron chi connectivity index (χ0n) is 19.8. The van der Waals surface area contributed by atoms with Gasteiger partial charge in [-0.15, -0.1) is 0 Å². The number of benzene rings is 2. The Kier molecular flexibility index (Phi) is 7.29. The summed E-state index contributed by atoms with van der Waals surface area (Å²) in [6, 6.07) is 17.4. The maximum absolute atomic E-state index is 12.9. The summed E-state index contributed by atoms with van der Waals surface area (Å²) in [5.74, 6) is 2.42. The summed E-state index contributed by atoms with van der Waals surface area (Å²) < 4.78 is 32.5. The molecule has 1 fully saturated rings. The predicted octanol–water partition coefficient (Wildman–Crippen LogP) is 3.82. The molecule has 7 nitrogen and oxygen atoms in total. The quantitative estimate of drug-likeness (QED) is 0.514. The van der Waals surface area contributed by atoms with Crippen LogP contribution >= 0.6 is 0 Å². The fourth-order valence-electron chi connectivity index (χ4n) is 4.10. The molecule has 2 heterocycles. The highest BCUT2D eigenvalue weighted by atomic mass is 32.2. The zero-order valence-corrected chi connectivity index (χ0v) is 20.6. The van der Waals surface area contributed by atoms with E-state index in [1.165, 1.54) is 9.71 Å². The SMILES string of the molecule is COc1ccc(Cc2c(C)nc(C)nc2N2CCN(S(=O)(=O)/C=C/c3ccccc3)CC2)cc1. The molecule has 0 radical (unpaired) electrons. The van der Waals surface area contributed by atoms with Crippen molar-refractivity contribution in [3.05, 3.63) is 88.2 Å². The van der Waals surface area contributed by atoms with E-state index in [2.05, 4.69) is 9.88 Å². The number of aryl methyl sites for hydroxylation is 2. The Morgan fingerprint density at radius 1 is 0.941 bits per heavy atom. The van der Waals surface area contributed by atoms with Crippen molar-refractivity contribution in [2.24, 2.45) is 0 Å². The molecular weight excluding hydrogens is 448 g/mol. The molecule has 1 saturated heterocycles. The Bertz CT molecular complexity index is 1250. The molecule has 0 spiro atoms. The number of sulfonamides is 1. The number of aromatic nitrogens is 2. The van der Waals surface area contributed by atoms with Gasteiger partial charge in [0, 0.05) is 49.3 Å². The monoisotopic (exact) mass is 478 g/mol. The Labute approximate surface area is 201 Å². The zero-order chi connectivity index (χ0) is 24.1. The number of hydrogen-bond donors (Lipinski definition) is 0. The van der Waals surface area contributed by atoms with Crippen LogP contribution in [0.5, 0.6) is 5.75 Å². The number of nitrogens with zero attached hydrogens (tertiary/aromatic N) is 4. The first-order chi connectivity index (χ1) is 16.4. The van der Waals surface area contributed by atoms with E-state index in [1.54, 1.807) is 13.2 Å². The maximum atomic E-state index is 12.9. The maximum Gasteiger partial charge on any atom is 0.236 e. The minimum atomic E-state index is -3.49. The van der Waals surface area contributed by atoms with Gasteiger partial charge in [0.15, 0.2) is 0 Å². The number of piperazine rings is 1. The lowest BCUT2D eigenvalue weighted by atomic mass is 10.0. The van der Waals surface area contributed by atoms with Gasteiger partial charge >= 0.3 is 0 Å². The molecule has 0 N–H and O–H groups in total. The van der Waals surface area contributed by atoms with Crippen molar-refractivity contribution >= 4 is 21.9 Å². The summed E-state index contributed by atoms with van der Waals surface area (Å²) in [6.45, 7) is 5.86. The highest BCUT2D eigenvalue weighted by molar-refractivity contribution is 7.92. The third-order valence-electron chi connectivity index (χ3n) is 5.97. The molecule has 0 saturated carbocycles. The van der Waals surface area contributed by atoms with Crippen molar-refractivity contribution in [2.45, 2.75) is 20.3 Å². The molecule has 1 aromatic heterocycles. The summed E-state index contributed by atoms with van der Waals surface area (Å²) in [6.07, 6.45) is 2.34. The smallest absolute Gasteiger partial charge is 0.236 e. The van der Waals surface area contributed by atoms with Crippen molar-refractivity contribution in [3.8, 4) is 5.75 Å². The fraction of sp³-hybridized carbons (Fsp3) is 0.308. The van der Waals surface area contributed by atoms with Crippen LogP contribution in [0.25, 0.3) is 6.08 Å². The number of hydrogen-bond acceptors (Lipinski definition) is 6. The van der Waals surface area contributed by atoms with Crippen LogP contribution in [-0.2, 0) is 16.4 Å². The van der Waals surface area contributed by atoms with E-state index in [-0.39, 0.29) is 0 Å². The highest BCUT2D eigenvalue weighted by Gasteiger charge is 2.27. The molecule has 3 aromatic rings. The largest absolute Gasteiger partial charge is 0.497 e. The number of rotatable bonds is 7. The van der Waals surface area contributed by atoms with Crippen molar-refractivity contribution in [1.82, 2.24) is 14.3 Å². The van der Waals surface area contributed by atoms with E-state index >= 15 is 0 Å². The normalized spacial score (nSPS) is 15.1. The standard InChI is InChI=1S/C26H30N4O3S/c1-20-25(19-23-9-11-24(33-3)12-10-23)26(28-21(2)27-20)29-14-16-30(17-15-29)34(31,32)18-13-22-7-5-4-6-8-22/h4-13,18H,14-17,19H2,1-3H3/b18-13+. The molecule has 34 heavy (non-hydrogen) atoms. The van der Waals surface area contributed by atoms with Crippen molar-refractivity contribution in [2.75, 3.05) is 38.2 Å². The molecule has 1 aliphatic rings. The summed E-state index contributed by atoms with van der Waals surface area (Å²) in [5.41, 5.74) is 4.01. The second-order valence-electron chi connectivity index (χ2n) is 8.33. The van der Waals surface area contributed by atoms with Crippen LogP contribution in [0.2, 0.25) is 0 Å². The minimum Gasteiger partial charge on any atom is -0.497 e. The first-order valence-electron chi connectivity index (χ1n) is 11.3. The highest BCUT2D eigenvalue weighted by Crippen LogP contribution is 2.26. The lowest BCUT2D eigenvalue weighted by Crippen LogP contribution is -2.48. The molecule has 0 amide bonds. The van der Waals surface area contributed by atoms with Crippen LogP contribution in [-0.4, -0.2) is 56.0 Å². The molecule has 4 rings (SSSR count). The van der Waals surface area contributed by atoms with Crippen LogP contribution in [0.1, 0.15) is 28.2 Å². The summed E-state index contributed by atoms with van der Waals surface area (Å²) in [5, 5.41) is 1.30. The van der Waals surface area contributed by atoms with Gasteiger partial charge in [0.25, 0.3) is 0 Å². The van der Waals surface area contributed by atoms with E-state index < -0.39 is 10.0 Å². The third kappa shape index (κ3) is 5.63. The molecule has 0 aliphatic carbocycles. The van der Waals surface area contributed by atoms with Gasteiger partial charge in [-0.3, -0.25) is 0 Å². The van der Waals surface area contributed by atoms with Crippen LogP contribution in [0.15, 0.2) is 60.0 Å². The van der Waals surface area contributed by atoms with Gasteiger partial charge in [0.2, 0.25) is 10.0 Å². The minimum absolute atomic E-state index is 0.408. The lowest BCUT2D eigenvalue weighted by Gasteiger charge is -2.35. The average Bonchev–Trinajstić information content (AvgIpc) is 2.85. The first-order valence-corrected chi connectivity index (χ1v) is 12.8. The number of anilines is 1. The number of methoxy groups -OCH3 is 1. The van der Waals surface area contributed by atoms with Gasteiger partial charge in [-0.2, -0.15) is 4.31 Å². The molecule has 8 heteroatoms. The van der Waals surface area contributed by atoms with Gasteiger partial charge in [0.1, 0.15) is 17.4 Å². The Hall–Kier alpha value is -3.23. The van der Waals surface area contributed by atoms with Crippen molar-refractivity contribution < 1.29 is 13.2 Å². The molecule has 0 unspecified atom stereocenters. The average molecular weight is 479 g/mol. The second kappa shape index (κ2) is 10.4. The third-order valence-corrected chi connectivity index (χ3v) is 7.54. The van der Waals surface area contributed by atoms with Crippen LogP contribution in [0.3, 0.4) is 0 Å². The van der Waals surface area contributed by atoms with E-state index in [0.29, 0.717) is 38.4 Å². The van der Waals surface area contributed by atoms with Crippen LogP contribution in [0, 0.1) is 13.8 Å². The molecule has 178 valence electrons. The van der Waals surface area contributed by atoms with Gasteiger partial charge in [0.05, 0.1) is 7.11 Å². The Morgan fingerprint density at radius 2 is 1.62 bits per heavy atom. The van der Waals surface area contributed by atoms with Gasteiger partial charge < -0.3 is 9.64 Å². The van der Waals surface area contributed by atoms with Crippen LogP contribution < -0.4 is 9.64 Å². The summed E-state index contributed by atoms with van der Waals surface area (Å²) in [7, 11) is -1.83. The molecule has 0 bridgehead atoms. The van der Waals surface area contributed by atoms with Crippen LogP contribution in [0.4, 0.5) is 5.82 Å². The fourth-order valence-corrected chi connectivity index (χ4v) is 5.28. The Balaban J connectivity index is 1.50. The van der Waals surface area contributed by atoms with E-state index in [1.807, 2.05) is 68.4 Å². The van der Waals surface area contributed by atoms with Gasteiger partial charge in [-0.1, -0.05) is 42.5 Å². The number of ether oxygens (including phenoxy) is 1. The Morgan fingerprint density at radius 3 is 2.26 bits per heavy atom. The summed E-state index contributed by atoms with van der Waals surface area (Å²) in [4.78, 5) is 11.5. The van der Waals surface area contributed by atoms with Gasteiger partial charge in [-0.25, -0.2) is 18.4 Å². The first kappa shape index (κ1) is 23.9. The summed E-state index contributed by atoms with van der Waals surface area (Å²) >= 11 is 0. The molecule has 2 aromatic carbocycles. The van der Waals surface area contributed by atoms with E-state index in [9.17, 15) is 8.42 Å². The van der Waals surface area contributed by atoms with Crippen molar-refractivity contribution in [3.63, 3.8) is 0 Å². The molecular formula is C26H30N4O3S. The second-order valence-corrected chi connectivity index (χ2v) is 10.1. The van der Waals surface area contributed by atoms with Gasteiger partial charge in [-0.05, 0) is 43.2 Å². The molecule has 1 aliphatic heterocycles. The van der Waals surface area contributed by atoms with Crippen molar-refractivity contribution in [1.29, 1.82) is 0 Å². The van der Waals surface area contributed by atoms with E-state index in [0.717, 1.165) is 34.0 Å².